The Kier molecular flexibility index (Phi) is 8.76. The Morgan fingerprint density at radius 2 is 1.79 bits per heavy atom. The maximum Gasteiger partial charge on any atom is 0.276 e. The third-order valence-electron chi connectivity index (χ3n) is 3.73. The van der Waals surface area contributed by atoms with Crippen LogP contribution in [0.4, 0.5) is 17.3 Å². The largest absolute Gasteiger partial charge is 0.484 e. The molecule has 1 aromatic heterocycles. The molecule has 10 heteroatoms. The van der Waals surface area contributed by atoms with Gasteiger partial charge in [-0.3, -0.25) is 15.6 Å². The van der Waals surface area contributed by atoms with Gasteiger partial charge < -0.3 is 24.8 Å². The predicted octanol–water partition coefficient (Wildman–Crippen LogP) is 0.680. The molecular formula is C18H26N6O4. The number of nitrogens with two attached hydrogens (primary N) is 1. The molecule has 0 fully saturated rings. The van der Waals surface area contributed by atoms with Crippen molar-refractivity contribution < 1.29 is 19.0 Å². The highest BCUT2D eigenvalue weighted by Crippen LogP contribution is 2.25. The Morgan fingerprint density at radius 1 is 1.11 bits per heavy atom. The summed E-state index contributed by atoms with van der Waals surface area (Å²) in [6, 6.07) is 9.06. The van der Waals surface area contributed by atoms with Crippen LogP contribution in [-0.4, -0.2) is 63.0 Å². The van der Waals surface area contributed by atoms with Crippen molar-refractivity contribution in [3.05, 3.63) is 36.7 Å². The first-order chi connectivity index (χ1) is 13.7. The lowest BCUT2D eigenvalue weighted by molar-refractivity contribution is -0.122. The van der Waals surface area contributed by atoms with Gasteiger partial charge in [0.25, 0.3) is 5.91 Å². The van der Waals surface area contributed by atoms with Gasteiger partial charge in [-0.1, -0.05) is 18.2 Å². The normalized spacial score (nSPS) is 10.4. The summed E-state index contributed by atoms with van der Waals surface area (Å²) < 4.78 is 15.7. The second kappa shape index (κ2) is 11.6. The van der Waals surface area contributed by atoms with Gasteiger partial charge in [0.1, 0.15) is 17.8 Å². The first kappa shape index (κ1) is 21.2. The molecule has 0 saturated carbocycles. The maximum atomic E-state index is 12.0. The molecule has 1 heterocycles. The number of benzene rings is 1. The van der Waals surface area contributed by atoms with Crippen LogP contribution in [0.1, 0.15) is 0 Å². The summed E-state index contributed by atoms with van der Waals surface area (Å²) in [5, 5.41) is 0. The number of para-hydroxylation sites is 1. The van der Waals surface area contributed by atoms with Crippen LogP contribution in [0.5, 0.6) is 5.75 Å². The quantitative estimate of drug-likeness (QED) is 0.449. The highest BCUT2D eigenvalue weighted by atomic mass is 16.5. The number of carbonyl (C=O) groups excluding carboxylic acids is 1. The van der Waals surface area contributed by atoms with Crippen molar-refractivity contribution in [3.8, 4) is 5.75 Å². The lowest BCUT2D eigenvalue weighted by Crippen LogP contribution is -2.35. The number of hydrogen-bond donors (Lipinski definition) is 3. The number of ether oxygens (including phenoxy) is 3. The maximum absolute atomic E-state index is 12.0. The molecular weight excluding hydrogens is 364 g/mol. The summed E-state index contributed by atoms with van der Waals surface area (Å²) in [6.45, 7) is 2.02. The summed E-state index contributed by atoms with van der Waals surface area (Å²) >= 11 is 0. The zero-order valence-electron chi connectivity index (χ0n) is 16.1. The molecule has 0 saturated heterocycles. The minimum atomic E-state index is -0.376. The van der Waals surface area contributed by atoms with Crippen LogP contribution in [0.2, 0.25) is 0 Å². The highest BCUT2D eigenvalue weighted by Gasteiger charge is 2.15. The van der Waals surface area contributed by atoms with E-state index in [0.29, 0.717) is 43.6 Å². The number of nitrogens with zero attached hydrogens (tertiary/aromatic N) is 3. The Balaban J connectivity index is 1.95. The van der Waals surface area contributed by atoms with E-state index in [4.69, 9.17) is 19.9 Å². The van der Waals surface area contributed by atoms with E-state index in [1.54, 1.807) is 26.4 Å². The molecule has 28 heavy (non-hydrogen) atoms. The Hall–Kier alpha value is -3.11. The number of carbonyl (C=O) groups is 1. The van der Waals surface area contributed by atoms with Gasteiger partial charge in [-0.15, -0.1) is 0 Å². The number of nitrogens with one attached hydrogen (secondary N) is 2. The van der Waals surface area contributed by atoms with E-state index in [1.807, 2.05) is 23.1 Å². The lowest BCUT2D eigenvalue weighted by atomic mass is 10.3. The van der Waals surface area contributed by atoms with Crippen molar-refractivity contribution in [2.75, 3.05) is 63.2 Å². The van der Waals surface area contributed by atoms with E-state index < -0.39 is 0 Å². The van der Waals surface area contributed by atoms with E-state index in [2.05, 4.69) is 20.8 Å². The number of hydrogen-bond acceptors (Lipinski definition) is 9. The van der Waals surface area contributed by atoms with Crippen molar-refractivity contribution in [1.29, 1.82) is 0 Å². The molecule has 1 amide bonds. The molecule has 0 aliphatic heterocycles. The fourth-order valence-electron chi connectivity index (χ4n) is 2.30. The number of methoxy groups -OCH3 is 2. The van der Waals surface area contributed by atoms with Gasteiger partial charge in [0, 0.05) is 27.3 Å². The van der Waals surface area contributed by atoms with Gasteiger partial charge in [-0.25, -0.2) is 9.97 Å². The molecule has 0 bridgehead atoms. The predicted molar refractivity (Wildman–Crippen MR) is 106 cm³/mol. The summed E-state index contributed by atoms with van der Waals surface area (Å²) in [7, 11) is 3.25. The molecule has 152 valence electrons. The second-order valence-electron chi connectivity index (χ2n) is 5.71. The van der Waals surface area contributed by atoms with Crippen LogP contribution in [0.25, 0.3) is 0 Å². The minimum absolute atomic E-state index is 0.150. The number of nitrogen functional groups attached to an aromatic ring is 1. The number of rotatable bonds is 12. The topological polar surface area (TPSA) is 124 Å². The monoisotopic (exact) mass is 390 g/mol. The summed E-state index contributed by atoms with van der Waals surface area (Å²) in [5.41, 5.74) is 11.7. The van der Waals surface area contributed by atoms with Gasteiger partial charge in [-0.05, 0) is 12.1 Å². The van der Waals surface area contributed by atoms with Crippen molar-refractivity contribution in [2.24, 2.45) is 0 Å². The number of hydrazine groups is 1. The molecule has 2 rings (SSSR count). The number of amides is 1. The molecule has 0 spiro atoms. The third-order valence-corrected chi connectivity index (χ3v) is 3.73. The smallest absolute Gasteiger partial charge is 0.276 e. The van der Waals surface area contributed by atoms with E-state index in [1.165, 1.54) is 6.33 Å². The zero-order valence-corrected chi connectivity index (χ0v) is 16.1. The number of aromatic nitrogens is 2. The van der Waals surface area contributed by atoms with Crippen LogP contribution in [0.3, 0.4) is 0 Å². The molecule has 0 atom stereocenters. The van der Waals surface area contributed by atoms with Gasteiger partial charge in [0.05, 0.1) is 13.2 Å². The Morgan fingerprint density at radius 3 is 2.43 bits per heavy atom. The van der Waals surface area contributed by atoms with Crippen LogP contribution < -0.4 is 26.2 Å². The fraction of sp³-hybridized carbons (Fsp3) is 0.389. The molecule has 4 N–H and O–H groups in total. The summed E-state index contributed by atoms with van der Waals surface area (Å²) in [6.07, 6.45) is 1.37. The first-order valence-corrected chi connectivity index (χ1v) is 8.71. The molecule has 0 unspecified atom stereocenters. The van der Waals surface area contributed by atoms with E-state index >= 15 is 0 Å². The Bertz CT molecular complexity index is 723. The molecule has 2 aromatic rings. The summed E-state index contributed by atoms with van der Waals surface area (Å²) in [4.78, 5) is 22.2. The van der Waals surface area contributed by atoms with Crippen molar-refractivity contribution in [1.82, 2.24) is 15.4 Å². The molecule has 0 radical (unpaired) electrons. The SMILES string of the molecule is COCCN(CCOC)c1ncnc(NNC(=O)COc2ccccc2)c1N. The second-order valence-corrected chi connectivity index (χ2v) is 5.71. The highest BCUT2D eigenvalue weighted by molar-refractivity contribution is 5.81. The molecule has 1 aromatic carbocycles. The van der Waals surface area contributed by atoms with E-state index in [0.717, 1.165) is 0 Å². The van der Waals surface area contributed by atoms with Crippen LogP contribution >= 0.6 is 0 Å². The minimum Gasteiger partial charge on any atom is -0.484 e. The van der Waals surface area contributed by atoms with Crippen LogP contribution in [0, 0.1) is 0 Å². The van der Waals surface area contributed by atoms with Gasteiger partial charge in [0.15, 0.2) is 18.2 Å². The van der Waals surface area contributed by atoms with Gasteiger partial charge >= 0.3 is 0 Å². The first-order valence-electron chi connectivity index (χ1n) is 8.71. The molecule has 0 aliphatic carbocycles. The van der Waals surface area contributed by atoms with E-state index in [-0.39, 0.29) is 18.3 Å². The lowest BCUT2D eigenvalue weighted by Gasteiger charge is -2.25. The van der Waals surface area contributed by atoms with Gasteiger partial charge in [-0.2, -0.15) is 0 Å². The van der Waals surface area contributed by atoms with Gasteiger partial charge in [0.2, 0.25) is 0 Å². The average molecular weight is 390 g/mol. The average Bonchev–Trinajstić information content (AvgIpc) is 2.73. The molecule has 10 nitrogen and oxygen atoms in total. The van der Waals surface area contributed by atoms with Crippen LogP contribution in [0.15, 0.2) is 36.7 Å². The van der Waals surface area contributed by atoms with Crippen molar-refractivity contribution >= 4 is 23.2 Å². The van der Waals surface area contributed by atoms with E-state index in [9.17, 15) is 4.79 Å². The Labute approximate surface area is 164 Å². The van der Waals surface area contributed by atoms with Crippen molar-refractivity contribution in [3.63, 3.8) is 0 Å². The third kappa shape index (κ3) is 6.56. The standard InChI is InChI=1S/C18H26N6O4/c1-26-10-8-24(9-11-27-2)18-16(19)17(20-13-21-18)23-22-15(25)12-28-14-6-4-3-5-7-14/h3-7,13H,8-12,19H2,1-2H3,(H,22,25)(H,20,21,23). The fourth-order valence-corrected chi connectivity index (χ4v) is 2.30. The van der Waals surface area contributed by atoms with Crippen molar-refractivity contribution in [2.45, 2.75) is 0 Å². The zero-order chi connectivity index (χ0) is 20.2. The molecule has 0 aliphatic rings. The number of anilines is 3. The summed E-state index contributed by atoms with van der Waals surface area (Å²) in [5.74, 6) is 1.05. The van der Waals surface area contributed by atoms with Crippen LogP contribution in [-0.2, 0) is 14.3 Å².